The van der Waals surface area contributed by atoms with E-state index >= 15 is 0 Å². The fourth-order valence-corrected chi connectivity index (χ4v) is 2.26. The molecule has 1 aromatic rings. The van der Waals surface area contributed by atoms with Gasteiger partial charge in [0.15, 0.2) is 0 Å². The van der Waals surface area contributed by atoms with Crippen molar-refractivity contribution in [3.05, 3.63) is 37.7 Å². The molecule has 0 amide bonds. The van der Waals surface area contributed by atoms with Crippen molar-refractivity contribution in [3.8, 4) is 0 Å². The maximum absolute atomic E-state index is 11.3. The van der Waals surface area contributed by atoms with Crippen molar-refractivity contribution in [2.45, 2.75) is 6.92 Å². The molecule has 0 bridgehead atoms. The Bertz CT molecular complexity index is 405. The third kappa shape index (κ3) is 3.64. The Balaban J connectivity index is 2.92. The summed E-state index contributed by atoms with van der Waals surface area (Å²) in [6.07, 6.45) is 1.57. The first-order valence-electron chi connectivity index (χ1n) is 4.25. The molecule has 0 unspecified atom stereocenters. The number of nitrogens with zero attached hydrogens (tertiary/aromatic N) is 3. The molecule has 78 valence electrons. The molecule has 0 fully saturated rings. The van der Waals surface area contributed by atoms with Crippen molar-refractivity contribution in [1.82, 2.24) is 0 Å². The predicted octanol–water partition coefficient (Wildman–Crippen LogP) is 1.96. The molecule has 0 saturated heterocycles. The van der Waals surface area contributed by atoms with E-state index in [1.807, 2.05) is 17.1 Å². The first-order chi connectivity index (χ1) is 7.27. The Morgan fingerprint density at radius 2 is 2.60 bits per heavy atom. The predicted molar refractivity (Wildman–Crippen MR) is 57.1 cm³/mol. The fourth-order valence-electron chi connectivity index (χ4n) is 0.890. The third-order valence-electron chi connectivity index (χ3n) is 1.46. The summed E-state index contributed by atoms with van der Waals surface area (Å²) >= 11 is 0.211. The average Bonchev–Trinajstić information content (AvgIpc) is 2.70. The van der Waals surface area contributed by atoms with Gasteiger partial charge in [0.05, 0.1) is 0 Å². The van der Waals surface area contributed by atoms with E-state index in [0.29, 0.717) is 0 Å². The van der Waals surface area contributed by atoms with E-state index in [1.54, 1.807) is 13.0 Å². The zero-order chi connectivity index (χ0) is 11.1. The van der Waals surface area contributed by atoms with Gasteiger partial charge in [-0.25, -0.2) is 0 Å². The van der Waals surface area contributed by atoms with E-state index in [4.69, 9.17) is 10.3 Å². The standard InChI is InChI=1S/C9H9N3O2Se/c1-2-14-9(13)8(11-12-10)6-7-4-3-5-15-7/h3-6H,2H2,1H3/b8-6-. The van der Waals surface area contributed by atoms with E-state index in [0.717, 1.165) is 4.44 Å². The third-order valence-corrected chi connectivity index (χ3v) is 3.18. The van der Waals surface area contributed by atoms with Gasteiger partial charge < -0.3 is 0 Å². The van der Waals surface area contributed by atoms with Crippen LogP contribution in [-0.2, 0) is 9.53 Å². The summed E-state index contributed by atoms with van der Waals surface area (Å²) < 4.78 is 5.74. The molecular formula is C9H9N3O2Se. The maximum atomic E-state index is 11.3. The van der Waals surface area contributed by atoms with Gasteiger partial charge in [0.1, 0.15) is 0 Å². The molecule has 1 rings (SSSR count). The summed E-state index contributed by atoms with van der Waals surface area (Å²) in [5, 5.41) is 3.31. The molecule has 6 heteroatoms. The Labute approximate surface area is 92.7 Å². The number of azide groups is 1. The Hall–Kier alpha value is -1.48. The minimum atomic E-state index is -0.584. The fraction of sp³-hybridized carbons (Fsp3) is 0.222. The van der Waals surface area contributed by atoms with Gasteiger partial charge >= 0.3 is 92.4 Å². The molecule has 0 spiro atoms. The van der Waals surface area contributed by atoms with Crippen LogP contribution in [0, 0.1) is 0 Å². The van der Waals surface area contributed by atoms with Crippen molar-refractivity contribution in [1.29, 1.82) is 0 Å². The van der Waals surface area contributed by atoms with Crippen LogP contribution in [-0.4, -0.2) is 27.1 Å². The van der Waals surface area contributed by atoms with Gasteiger partial charge in [-0.3, -0.25) is 0 Å². The van der Waals surface area contributed by atoms with E-state index in [-0.39, 0.29) is 26.8 Å². The molecule has 15 heavy (non-hydrogen) atoms. The van der Waals surface area contributed by atoms with Crippen LogP contribution in [0.2, 0.25) is 0 Å². The Kier molecular flexibility index (Phi) is 4.71. The number of rotatable bonds is 4. The van der Waals surface area contributed by atoms with Crippen LogP contribution in [0.15, 0.2) is 27.9 Å². The summed E-state index contributed by atoms with van der Waals surface area (Å²) in [5.41, 5.74) is 8.32. The van der Waals surface area contributed by atoms with Crippen molar-refractivity contribution in [3.63, 3.8) is 0 Å². The van der Waals surface area contributed by atoms with Gasteiger partial charge in [0, 0.05) is 0 Å². The molecular weight excluding hydrogens is 261 g/mol. The summed E-state index contributed by atoms with van der Waals surface area (Å²) in [4.78, 5) is 15.9. The second-order valence-electron chi connectivity index (χ2n) is 2.45. The van der Waals surface area contributed by atoms with E-state index in [1.165, 1.54) is 0 Å². The van der Waals surface area contributed by atoms with Gasteiger partial charge in [-0.05, 0) is 0 Å². The SMILES string of the molecule is CCOC(=O)/C(=C/c1ccc[se]1)N=[N+]=[N-]. The summed E-state index contributed by atoms with van der Waals surface area (Å²) in [6, 6.07) is 3.79. The Morgan fingerprint density at radius 3 is 3.13 bits per heavy atom. The van der Waals surface area contributed by atoms with Crippen LogP contribution in [0.1, 0.15) is 11.4 Å². The van der Waals surface area contributed by atoms with Crippen molar-refractivity contribution < 1.29 is 9.53 Å². The number of hydrogen-bond donors (Lipinski definition) is 0. The number of esters is 1. The quantitative estimate of drug-likeness (QED) is 0.209. The van der Waals surface area contributed by atoms with E-state index in [9.17, 15) is 4.79 Å². The number of carbonyl (C=O) groups excluding carboxylic acids is 1. The molecule has 0 radical (unpaired) electrons. The molecule has 0 atom stereocenters. The minimum absolute atomic E-state index is 0.0103. The van der Waals surface area contributed by atoms with Gasteiger partial charge in [-0.1, -0.05) is 0 Å². The topological polar surface area (TPSA) is 75.1 Å². The summed E-state index contributed by atoms with van der Waals surface area (Å²) in [7, 11) is 0. The second-order valence-corrected chi connectivity index (χ2v) is 4.51. The van der Waals surface area contributed by atoms with Crippen LogP contribution < -0.4 is 0 Å². The van der Waals surface area contributed by atoms with Gasteiger partial charge in [0.25, 0.3) is 0 Å². The number of carbonyl (C=O) groups is 1. The summed E-state index contributed by atoms with van der Waals surface area (Å²) in [6.45, 7) is 1.96. The van der Waals surface area contributed by atoms with Crippen LogP contribution in [0.25, 0.3) is 16.5 Å². The monoisotopic (exact) mass is 271 g/mol. The van der Waals surface area contributed by atoms with Crippen molar-refractivity contribution >= 4 is 26.5 Å². The van der Waals surface area contributed by atoms with Crippen LogP contribution in [0.3, 0.4) is 0 Å². The van der Waals surface area contributed by atoms with Crippen LogP contribution in [0.5, 0.6) is 0 Å². The van der Waals surface area contributed by atoms with Crippen molar-refractivity contribution in [2.75, 3.05) is 6.61 Å². The molecule has 1 heterocycles. The van der Waals surface area contributed by atoms with Crippen LogP contribution >= 0.6 is 0 Å². The van der Waals surface area contributed by atoms with Gasteiger partial charge in [0.2, 0.25) is 0 Å². The molecule has 0 aliphatic heterocycles. The molecule has 0 aliphatic carbocycles. The van der Waals surface area contributed by atoms with Crippen molar-refractivity contribution in [2.24, 2.45) is 5.11 Å². The van der Waals surface area contributed by atoms with Gasteiger partial charge in [-0.15, -0.1) is 0 Å². The molecule has 5 nitrogen and oxygen atoms in total. The number of hydrogen-bond acceptors (Lipinski definition) is 3. The zero-order valence-electron chi connectivity index (χ0n) is 8.08. The second kappa shape index (κ2) is 6.09. The van der Waals surface area contributed by atoms with Gasteiger partial charge in [-0.2, -0.15) is 0 Å². The normalized spacial score (nSPS) is 10.6. The van der Waals surface area contributed by atoms with E-state index in [2.05, 4.69) is 10.0 Å². The molecule has 0 aliphatic rings. The van der Waals surface area contributed by atoms with Crippen LogP contribution in [0.4, 0.5) is 0 Å². The number of ether oxygens (including phenoxy) is 1. The molecule has 0 saturated carbocycles. The molecule has 1 aromatic heterocycles. The Morgan fingerprint density at radius 1 is 1.80 bits per heavy atom. The first kappa shape index (κ1) is 11.6. The zero-order valence-corrected chi connectivity index (χ0v) is 9.80. The molecule has 0 aromatic carbocycles. The average molecular weight is 270 g/mol. The van der Waals surface area contributed by atoms with E-state index < -0.39 is 5.97 Å². The molecule has 0 N–H and O–H groups in total. The summed E-state index contributed by atoms with van der Waals surface area (Å²) in [5.74, 6) is -0.584. The first-order valence-corrected chi connectivity index (χ1v) is 6.10.